The van der Waals surface area contributed by atoms with Crippen LogP contribution in [0.3, 0.4) is 0 Å². The third-order valence-electron chi connectivity index (χ3n) is 6.59. The van der Waals surface area contributed by atoms with Gasteiger partial charge in [0.15, 0.2) is 0 Å². The highest BCUT2D eigenvalue weighted by Crippen LogP contribution is 2.47. The van der Waals surface area contributed by atoms with E-state index >= 15 is 0 Å². The number of aromatic nitrogens is 1. The Morgan fingerprint density at radius 2 is 2.00 bits per heavy atom. The Morgan fingerprint density at radius 3 is 2.75 bits per heavy atom. The van der Waals surface area contributed by atoms with Crippen LogP contribution in [0.4, 0.5) is 4.79 Å². The molecule has 2 bridgehead atoms. The van der Waals surface area contributed by atoms with Crippen LogP contribution in [0.5, 0.6) is 0 Å². The van der Waals surface area contributed by atoms with Crippen molar-refractivity contribution in [1.82, 2.24) is 19.5 Å². The second-order valence-electron chi connectivity index (χ2n) is 8.51. The smallest absolute Gasteiger partial charge is 0.317 e. The second-order valence-corrected chi connectivity index (χ2v) is 10.6. The Kier molecular flexibility index (Phi) is 4.37. The van der Waals surface area contributed by atoms with E-state index in [0.29, 0.717) is 32.6 Å². The van der Waals surface area contributed by atoms with E-state index < -0.39 is 20.9 Å². The summed E-state index contributed by atoms with van der Waals surface area (Å²) in [5.41, 5.74) is 0.0834. The number of ether oxygens (including phenoxy) is 1. The van der Waals surface area contributed by atoms with E-state index in [9.17, 15) is 13.2 Å². The van der Waals surface area contributed by atoms with Gasteiger partial charge in [0.2, 0.25) is 10.0 Å². The average Bonchev–Trinajstić information content (AvgIpc) is 3.31. The fourth-order valence-electron chi connectivity index (χ4n) is 5.27. The highest BCUT2D eigenvalue weighted by Gasteiger charge is 2.65. The predicted molar refractivity (Wildman–Crippen MR) is 102 cm³/mol. The van der Waals surface area contributed by atoms with Gasteiger partial charge in [0.1, 0.15) is 10.9 Å². The van der Waals surface area contributed by atoms with Gasteiger partial charge in [-0.15, -0.1) is 0 Å². The molecule has 4 fully saturated rings. The number of hydrogen-bond acceptors (Lipinski definition) is 5. The standard InChI is InChI=1S/C19H26N4O4S/c24-18(21-15-3-1-2-4-15)22-11-16-9-17-19(12-22,27-16)13-23(28(17,25)26)10-14-5-7-20-8-6-14/h5-8,15-17H,1-4,9-13H2,(H,21,24)/t16-,17+,19+/m1/s1. The minimum Gasteiger partial charge on any atom is -0.365 e. The van der Waals surface area contributed by atoms with Crippen LogP contribution in [-0.4, -0.2) is 71.3 Å². The maximum atomic E-state index is 13.2. The number of amides is 2. The quantitative estimate of drug-likeness (QED) is 0.811. The molecule has 4 aliphatic rings. The van der Waals surface area contributed by atoms with Crippen LogP contribution < -0.4 is 5.32 Å². The molecule has 1 aromatic rings. The average molecular weight is 407 g/mol. The molecular weight excluding hydrogens is 380 g/mol. The molecule has 2 amide bonds. The Hall–Kier alpha value is -1.71. The van der Waals surface area contributed by atoms with Crippen LogP contribution in [-0.2, 0) is 21.3 Å². The van der Waals surface area contributed by atoms with Crippen LogP contribution >= 0.6 is 0 Å². The van der Waals surface area contributed by atoms with Crippen LogP contribution in [0.15, 0.2) is 24.5 Å². The summed E-state index contributed by atoms with van der Waals surface area (Å²) in [4.78, 5) is 18.5. The lowest BCUT2D eigenvalue weighted by Gasteiger charge is -2.39. The first-order valence-electron chi connectivity index (χ1n) is 10.1. The fourth-order valence-corrected chi connectivity index (χ4v) is 7.57. The van der Waals surface area contributed by atoms with E-state index in [1.54, 1.807) is 17.3 Å². The van der Waals surface area contributed by atoms with Crippen LogP contribution in [0.2, 0.25) is 0 Å². The van der Waals surface area contributed by atoms with Gasteiger partial charge in [-0.3, -0.25) is 4.98 Å². The molecule has 3 saturated heterocycles. The molecule has 1 saturated carbocycles. The lowest BCUT2D eigenvalue weighted by atomic mass is 9.99. The number of fused-ring (bicyclic) bond motifs is 1. The van der Waals surface area contributed by atoms with Crippen molar-refractivity contribution in [1.29, 1.82) is 0 Å². The third-order valence-corrected chi connectivity index (χ3v) is 8.91. The monoisotopic (exact) mass is 406 g/mol. The molecule has 0 unspecified atom stereocenters. The summed E-state index contributed by atoms with van der Waals surface area (Å²) in [6, 6.07) is 3.82. The number of rotatable bonds is 3. The number of hydrogen-bond donors (Lipinski definition) is 1. The third kappa shape index (κ3) is 3.00. The van der Waals surface area contributed by atoms with E-state index in [4.69, 9.17) is 4.74 Å². The van der Waals surface area contributed by atoms with Crippen molar-refractivity contribution < 1.29 is 17.9 Å². The SMILES string of the molecule is O=C(NC1CCCC1)N1C[C@H]2C[C@H]3[C@](C1)(CN(Cc1ccncc1)S3(=O)=O)O2. The molecule has 1 spiro atoms. The number of morpholine rings is 1. The van der Waals surface area contributed by atoms with Gasteiger partial charge in [-0.05, 0) is 37.0 Å². The summed E-state index contributed by atoms with van der Waals surface area (Å²) in [5.74, 6) is 0. The van der Waals surface area contributed by atoms with Crippen molar-refractivity contribution in [3.8, 4) is 0 Å². The molecule has 4 heterocycles. The van der Waals surface area contributed by atoms with Crippen molar-refractivity contribution in [2.24, 2.45) is 0 Å². The number of pyridine rings is 1. The molecule has 1 N–H and O–H groups in total. The number of carbonyl (C=O) groups excluding carboxylic acids is 1. The fraction of sp³-hybridized carbons (Fsp3) is 0.684. The second kappa shape index (κ2) is 6.67. The Bertz CT molecular complexity index is 858. The summed E-state index contributed by atoms with van der Waals surface area (Å²) < 4.78 is 34.1. The normalized spacial score (nSPS) is 34.5. The van der Waals surface area contributed by atoms with E-state index in [0.717, 1.165) is 31.2 Å². The van der Waals surface area contributed by atoms with Gasteiger partial charge in [-0.25, -0.2) is 13.2 Å². The summed E-state index contributed by atoms with van der Waals surface area (Å²) in [5, 5.41) is 2.55. The number of urea groups is 1. The van der Waals surface area contributed by atoms with Gasteiger partial charge < -0.3 is 15.0 Å². The first-order chi connectivity index (χ1) is 13.5. The topological polar surface area (TPSA) is 91.8 Å². The summed E-state index contributed by atoms with van der Waals surface area (Å²) >= 11 is 0. The lowest BCUT2D eigenvalue weighted by Crippen LogP contribution is -2.59. The minimum atomic E-state index is -3.47. The van der Waals surface area contributed by atoms with Gasteiger partial charge in [-0.2, -0.15) is 4.31 Å². The van der Waals surface area contributed by atoms with Crippen molar-refractivity contribution in [3.05, 3.63) is 30.1 Å². The first-order valence-corrected chi connectivity index (χ1v) is 11.6. The maximum Gasteiger partial charge on any atom is 0.317 e. The number of nitrogens with one attached hydrogen (secondary N) is 1. The molecule has 5 rings (SSSR count). The van der Waals surface area contributed by atoms with Crippen molar-refractivity contribution in [3.63, 3.8) is 0 Å². The van der Waals surface area contributed by atoms with Gasteiger partial charge in [0, 0.05) is 38.1 Å². The molecule has 0 radical (unpaired) electrons. The molecule has 0 aromatic carbocycles. The Labute approximate surface area is 165 Å². The van der Waals surface area contributed by atoms with Gasteiger partial charge in [-0.1, -0.05) is 12.8 Å². The number of nitrogens with zero attached hydrogens (tertiary/aromatic N) is 3. The largest absolute Gasteiger partial charge is 0.365 e. The van der Waals surface area contributed by atoms with Crippen molar-refractivity contribution >= 4 is 16.1 Å². The van der Waals surface area contributed by atoms with Crippen LogP contribution in [0, 0.1) is 0 Å². The highest BCUT2D eigenvalue weighted by molar-refractivity contribution is 7.90. The van der Waals surface area contributed by atoms with E-state index in [1.807, 2.05) is 12.1 Å². The molecule has 28 heavy (non-hydrogen) atoms. The van der Waals surface area contributed by atoms with E-state index in [2.05, 4.69) is 10.3 Å². The van der Waals surface area contributed by atoms with E-state index in [-0.39, 0.29) is 18.2 Å². The van der Waals surface area contributed by atoms with Crippen molar-refractivity contribution in [2.45, 2.75) is 61.6 Å². The zero-order valence-electron chi connectivity index (χ0n) is 15.8. The number of carbonyl (C=O) groups is 1. The highest BCUT2D eigenvalue weighted by atomic mass is 32.2. The van der Waals surface area contributed by atoms with E-state index in [1.165, 1.54) is 4.31 Å². The Morgan fingerprint density at radius 1 is 1.25 bits per heavy atom. The molecule has 8 nitrogen and oxygen atoms in total. The summed E-state index contributed by atoms with van der Waals surface area (Å²) in [6.45, 7) is 1.41. The molecular formula is C19H26N4O4S. The van der Waals surface area contributed by atoms with Gasteiger partial charge in [0.25, 0.3) is 0 Å². The molecule has 9 heteroatoms. The zero-order valence-corrected chi connectivity index (χ0v) is 16.6. The summed E-state index contributed by atoms with van der Waals surface area (Å²) in [6.07, 6.45) is 7.96. The molecule has 3 atom stereocenters. The minimum absolute atomic E-state index is 0.0785. The first kappa shape index (κ1) is 18.3. The molecule has 1 aliphatic carbocycles. The Balaban J connectivity index is 1.34. The summed E-state index contributed by atoms with van der Waals surface area (Å²) in [7, 11) is -3.47. The molecule has 1 aromatic heterocycles. The predicted octanol–water partition coefficient (Wildman–Crippen LogP) is 1.09. The lowest BCUT2D eigenvalue weighted by molar-refractivity contribution is -0.0959. The van der Waals surface area contributed by atoms with Crippen LogP contribution in [0.25, 0.3) is 0 Å². The number of likely N-dealkylation sites (tertiary alicyclic amines) is 1. The van der Waals surface area contributed by atoms with Gasteiger partial charge >= 0.3 is 6.03 Å². The van der Waals surface area contributed by atoms with Crippen molar-refractivity contribution in [2.75, 3.05) is 19.6 Å². The van der Waals surface area contributed by atoms with Gasteiger partial charge in [0.05, 0.1) is 12.6 Å². The molecule has 3 aliphatic heterocycles. The number of sulfonamides is 1. The van der Waals surface area contributed by atoms with Crippen LogP contribution in [0.1, 0.15) is 37.7 Å². The molecule has 152 valence electrons. The zero-order chi connectivity index (χ0) is 19.4. The maximum absolute atomic E-state index is 13.2.